The summed E-state index contributed by atoms with van der Waals surface area (Å²) in [4.78, 5) is 42.8. The second-order valence-electron chi connectivity index (χ2n) is 7.92. The minimum Gasteiger partial charge on any atom is -0.370 e. The van der Waals surface area contributed by atoms with E-state index in [1.165, 1.54) is 12.5 Å². The maximum Gasteiger partial charge on any atom is 0.243 e. The van der Waals surface area contributed by atoms with Crippen LogP contribution in [0.25, 0.3) is 0 Å². The molecule has 9 heteroatoms. The van der Waals surface area contributed by atoms with Crippen molar-refractivity contribution in [2.75, 3.05) is 19.0 Å². The van der Waals surface area contributed by atoms with Crippen LogP contribution in [0.3, 0.4) is 0 Å². The fraction of sp³-hybridized carbons (Fsp3) is 0.545. The fourth-order valence-electron chi connectivity index (χ4n) is 3.92. The van der Waals surface area contributed by atoms with E-state index in [0.29, 0.717) is 32.4 Å². The average Bonchev–Trinajstić information content (AvgIpc) is 3.19. The van der Waals surface area contributed by atoms with Crippen LogP contribution in [0.5, 0.6) is 0 Å². The van der Waals surface area contributed by atoms with E-state index in [-0.39, 0.29) is 35.4 Å². The lowest BCUT2D eigenvalue weighted by molar-refractivity contribution is -0.137. The third-order valence-corrected chi connectivity index (χ3v) is 5.82. The second-order valence-corrected chi connectivity index (χ2v) is 8.19. The molecule has 0 aromatic heterocycles. The van der Waals surface area contributed by atoms with Gasteiger partial charge >= 0.3 is 0 Å². The van der Waals surface area contributed by atoms with Crippen LogP contribution in [0.4, 0.5) is 0 Å². The molecule has 1 aliphatic rings. The van der Waals surface area contributed by atoms with Crippen molar-refractivity contribution < 1.29 is 14.4 Å². The van der Waals surface area contributed by atoms with Gasteiger partial charge in [-0.2, -0.15) is 0 Å². The summed E-state index contributed by atoms with van der Waals surface area (Å²) in [6.45, 7) is 2.37. The highest BCUT2D eigenvalue weighted by molar-refractivity contribution is 6.28. The zero-order chi connectivity index (χ0) is 22.8. The Kier molecular flexibility index (Phi) is 9.78. The number of nitrogens with one attached hydrogen (secondary N) is 1. The molecule has 170 valence electrons. The number of halogens is 1. The van der Waals surface area contributed by atoms with Crippen molar-refractivity contribution in [1.82, 2.24) is 10.2 Å². The summed E-state index contributed by atoms with van der Waals surface area (Å²) in [6, 6.07) is 8.83. The Balaban J connectivity index is 1.97. The lowest BCUT2D eigenvalue weighted by Gasteiger charge is -2.25. The summed E-state index contributed by atoms with van der Waals surface area (Å²) >= 11 is 5.72. The van der Waals surface area contributed by atoms with Crippen LogP contribution in [0.2, 0.25) is 0 Å². The van der Waals surface area contributed by atoms with E-state index in [1.54, 1.807) is 4.90 Å². The molecule has 3 atom stereocenters. The van der Waals surface area contributed by atoms with Crippen LogP contribution in [0.15, 0.2) is 35.3 Å². The Hall–Kier alpha value is -2.61. The van der Waals surface area contributed by atoms with Crippen LogP contribution in [-0.2, 0) is 20.8 Å². The number of carbonyl (C=O) groups excluding carboxylic acids is 3. The summed E-state index contributed by atoms with van der Waals surface area (Å²) in [5.74, 6) is -0.725. The number of hydrogen-bond acceptors (Lipinski definition) is 4. The van der Waals surface area contributed by atoms with Crippen molar-refractivity contribution in [2.24, 2.45) is 22.4 Å². The molecule has 2 rings (SSSR count). The molecular weight excluding hydrogens is 418 g/mol. The molecule has 0 saturated carbocycles. The molecule has 2 amide bonds. The number of aliphatic imine (C=N–C) groups is 1. The molecule has 1 aromatic carbocycles. The molecule has 0 aliphatic carbocycles. The topological polar surface area (TPSA) is 131 Å². The van der Waals surface area contributed by atoms with Crippen LogP contribution in [0.1, 0.15) is 38.2 Å². The number of benzene rings is 1. The number of aryl methyl sites for hydroxylation is 1. The Morgan fingerprint density at radius 1 is 1.26 bits per heavy atom. The van der Waals surface area contributed by atoms with E-state index >= 15 is 0 Å². The molecule has 1 aromatic rings. The van der Waals surface area contributed by atoms with E-state index < -0.39 is 12.1 Å². The van der Waals surface area contributed by atoms with Gasteiger partial charge in [-0.1, -0.05) is 30.3 Å². The summed E-state index contributed by atoms with van der Waals surface area (Å²) in [5.41, 5.74) is 11.9. The predicted octanol–water partition coefficient (Wildman–Crippen LogP) is 1.20. The maximum absolute atomic E-state index is 13.0. The molecule has 0 spiro atoms. The molecule has 0 radical (unpaired) electrons. The van der Waals surface area contributed by atoms with Crippen molar-refractivity contribution in [3.05, 3.63) is 35.9 Å². The average molecular weight is 450 g/mol. The van der Waals surface area contributed by atoms with Crippen molar-refractivity contribution >= 4 is 35.2 Å². The van der Waals surface area contributed by atoms with Gasteiger partial charge in [-0.25, -0.2) is 0 Å². The molecule has 1 fully saturated rings. The smallest absolute Gasteiger partial charge is 0.243 e. The Morgan fingerprint density at radius 3 is 2.58 bits per heavy atom. The van der Waals surface area contributed by atoms with Crippen LogP contribution >= 0.6 is 11.6 Å². The van der Waals surface area contributed by atoms with Gasteiger partial charge in [0.05, 0.1) is 11.9 Å². The number of rotatable bonds is 11. The molecule has 1 aliphatic heterocycles. The quantitative estimate of drug-likeness (QED) is 0.202. The van der Waals surface area contributed by atoms with Gasteiger partial charge in [-0.15, -0.1) is 11.6 Å². The van der Waals surface area contributed by atoms with E-state index in [2.05, 4.69) is 22.4 Å². The lowest BCUT2D eigenvalue weighted by atomic mass is 9.96. The first-order chi connectivity index (χ1) is 14.8. The number of alkyl halides is 1. The molecule has 8 nitrogen and oxygen atoms in total. The van der Waals surface area contributed by atoms with Crippen molar-refractivity contribution in [2.45, 2.75) is 51.1 Å². The van der Waals surface area contributed by atoms with Gasteiger partial charge in [-0.3, -0.25) is 19.4 Å². The Bertz CT molecular complexity index is 783. The Morgan fingerprint density at radius 2 is 1.97 bits per heavy atom. The molecule has 1 heterocycles. The molecule has 0 unspecified atom stereocenters. The number of likely N-dealkylation sites (tertiary alicyclic amines) is 1. The molecular formula is C22H32ClN5O3. The zero-order valence-electron chi connectivity index (χ0n) is 17.9. The molecule has 0 bridgehead atoms. The molecule has 1 saturated heterocycles. The third kappa shape index (κ3) is 7.86. The van der Waals surface area contributed by atoms with Crippen molar-refractivity contribution in [3.8, 4) is 0 Å². The van der Waals surface area contributed by atoms with E-state index in [0.717, 1.165) is 12.8 Å². The van der Waals surface area contributed by atoms with Gasteiger partial charge in [0.1, 0.15) is 6.04 Å². The highest BCUT2D eigenvalue weighted by Crippen LogP contribution is 2.27. The number of amides is 2. The van der Waals surface area contributed by atoms with E-state index in [9.17, 15) is 14.4 Å². The maximum atomic E-state index is 13.0. The van der Waals surface area contributed by atoms with Gasteiger partial charge in [0.15, 0.2) is 11.7 Å². The molecule has 5 N–H and O–H groups in total. The number of hydrogen-bond donors (Lipinski definition) is 3. The number of guanidine groups is 1. The summed E-state index contributed by atoms with van der Waals surface area (Å²) in [5, 5.41) is 2.80. The monoisotopic (exact) mass is 449 g/mol. The van der Waals surface area contributed by atoms with Gasteiger partial charge in [0.25, 0.3) is 0 Å². The minimum absolute atomic E-state index is 0.0196. The van der Waals surface area contributed by atoms with Gasteiger partial charge in [0, 0.05) is 20.0 Å². The van der Waals surface area contributed by atoms with E-state index in [4.69, 9.17) is 23.1 Å². The third-order valence-electron chi connectivity index (χ3n) is 5.56. The van der Waals surface area contributed by atoms with E-state index in [1.807, 2.05) is 18.2 Å². The van der Waals surface area contributed by atoms with Crippen LogP contribution in [0, 0.1) is 5.92 Å². The highest BCUT2D eigenvalue weighted by Gasteiger charge is 2.39. The number of Topliss-reactive ketones (excluding diaryl/α,β-unsaturated/α-hetero) is 1. The number of ketones is 1. The standard InChI is InChI=1S/C22H32ClN5O3/c1-15(29)28-14-17(10-9-16-6-3-2-4-7-16)12-19(28)21(31)27-18(20(30)13-23)8-5-11-26-22(24)25/h2-4,6-7,17-19H,5,8-14H2,1H3,(H,27,31)(H4,24,25,26)/t17-,18+,19+/m1/s1. The van der Waals surface area contributed by atoms with Gasteiger partial charge < -0.3 is 21.7 Å². The van der Waals surface area contributed by atoms with Crippen LogP contribution in [-0.4, -0.2) is 59.5 Å². The minimum atomic E-state index is -0.726. The molecule has 31 heavy (non-hydrogen) atoms. The lowest BCUT2D eigenvalue weighted by Crippen LogP contribution is -2.50. The highest BCUT2D eigenvalue weighted by atomic mass is 35.5. The van der Waals surface area contributed by atoms with Gasteiger partial charge in [-0.05, 0) is 43.6 Å². The largest absolute Gasteiger partial charge is 0.370 e. The first kappa shape index (κ1) is 24.7. The summed E-state index contributed by atoms with van der Waals surface area (Å²) < 4.78 is 0. The predicted molar refractivity (Wildman–Crippen MR) is 122 cm³/mol. The summed E-state index contributed by atoms with van der Waals surface area (Å²) in [6.07, 6.45) is 3.25. The SMILES string of the molecule is CC(=O)N1C[C@H](CCc2ccccc2)C[C@H]1C(=O)N[C@@H](CCCN=C(N)N)C(=O)CCl. The Labute approximate surface area is 188 Å². The zero-order valence-corrected chi connectivity index (χ0v) is 18.7. The number of carbonyl (C=O) groups is 3. The fourth-order valence-corrected chi connectivity index (χ4v) is 4.11. The van der Waals surface area contributed by atoms with Gasteiger partial charge in [0.2, 0.25) is 11.8 Å². The first-order valence-electron chi connectivity index (χ1n) is 10.6. The summed E-state index contributed by atoms with van der Waals surface area (Å²) in [7, 11) is 0. The number of nitrogens with two attached hydrogens (primary N) is 2. The van der Waals surface area contributed by atoms with Crippen LogP contribution < -0.4 is 16.8 Å². The number of nitrogens with zero attached hydrogens (tertiary/aromatic N) is 2. The first-order valence-corrected chi connectivity index (χ1v) is 11.1. The normalized spacial score (nSPS) is 19.0. The van der Waals surface area contributed by atoms with Crippen molar-refractivity contribution in [1.29, 1.82) is 0 Å². The van der Waals surface area contributed by atoms with Crippen molar-refractivity contribution in [3.63, 3.8) is 0 Å². The second kappa shape index (κ2) is 12.3.